The zero-order valence-corrected chi connectivity index (χ0v) is 13.9. The van der Waals surface area contributed by atoms with Crippen molar-refractivity contribution in [2.45, 2.75) is 0 Å². The highest BCUT2D eigenvalue weighted by Crippen LogP contribution is 2.23. The van der Waals surface area contributed by atoms with E-state index in [0.717, 1.165) is 3.79 Å². The van der Waals surface area contributed by atoms with E-state index in [9.17, 15) is 9.59 Å². The van der Waals surface area contributed by atoms with Crippen molar-refractivity contribution >= 4 is 60.2 Å². The lowest BCUT2D eigenvalue weighted by Gasteiger charge is -2.05. The quantitative estimate of drug-likeness (QED) is 0.770. The number of hydrogen-bond donors (Lipinski definition) is 1. The van der Waals surface area contributed by atoms with Crippen molar-refractivity contribution in [1.82, 2.24) is 4.98 Å². The molecule has 0 radical (unpaired) electrons. The van der Waals surface area contributed by atoms with E-state index in [1.165, 1.54) is 11.3 Å². The van der Waals surface area contributed by atoms with E-state index in [4.69, 9.17) is 4.74 Å². The molecule has 20 heavy (non-hydrogen) atoms. The topological polar surface area (TPSA) is 68.3 Å². The standard InChI is InChI=1S/C12H8Br2N2O3S/c13-8-4-2-1-3-7(8)11(18)19-6-10(17)16-12-15-5-9(14)20-12/h1-5H,6H2,(H,15,16,17). The van der Waals surface area contributed by atoms with Crippen molar-refractivity contribution in [3.63, 3.8) is 0 Å². The Hall–Kier alpha value is -1.25. The third-order valence-corrected chi connectivity index (χ3v) is 4.24. The Labute approximate surface area is 135 Å². The summed E-state index contributed by atoms with van der Waals surface area (Å²) in [6.07, 6.45) is 1.58. The van der Waals surface area contributed by atoms with Crippen molar-refractivity contribution in [3.05, 3.63) is 44.3 Å². The van der Waals surface area contributed by atoms with E-state index >= 15 is 0 Å². The van der Waals surface area contributed by atoms with Crippen LogP contribution in [0.2, 0.25) is 0 Å². The van der Waals surface area contributed by atoms with Gasteiger partial charge in [0.05, 0.1) is 15.5 Å². The van der Waals surface area contributed by atoms with Gasteiger partial charge in [-0.3, -0.25) is 10.1 Å². The molecule has 0 fully saturated rings. The maximum Gasteiger partial charge on any atom is 0.339 e. The Morgan fingerprint density at radius 3 is 2.70 bits per heavy atom. The van der Waals surface area contributed by atoms with E-state index < -0.39 is 11.9 Å². The molecule has 0 spiro atoms. The van der Waals surface area contributed by atoms with Crippen molar-refractivity contribution in [1.29, 1.82) is 0 Å². The van der Waals surface area contributed by atoms with Crippen LogP contribution < -0.4 is 5.32 Å². The van der Waals surface area contributed by atoms with Crippen molar-refractivity contribution in [2.24, 2.45) is 0 Å². The third-order valence-electron chi connectivity index (χ3n) is 2.15. The molecule has 2 aromatic rings. The third kappa shape index (κ3) is 4.12. The summed E-state index contributed by atoms with van der Waals surface area (Å²) in [5.74, 6) is -1.000. The smallest absolute Gasteiger partial charge is 0.339 e. The van der Waals surface area contributed by atoms with Crippen LogP contribution in [0.5, 0.6) is 0 Å². The van der Waals surface area contributed by atoms with Crippen LogP contribution in [-0.4, -0.2) is 23.5 Å². The lowest BCUT2D eigenvalue weighted by molar-refractivity contribution is -0.119. The van der Waals surface area contributed by atoms with Gasteiger partial charge in [0.25, 0.3) is 5.91 Å². The molecule has 1 amide bonds. The number of halogens is 2. The van der Waals surface area contributed by atoms with E-state index in [1.807, 2.05) is 0 Å². The normalized spacial score (nSPS) is 10.1. The molecule has 1 heterocycles. The van der Waals surface area contributed by atoms with Crippen LogP contribution in [0.1, 0.15) is 10.4 Å². The van der Waals surface area contributed by atoms with E-state index in [1.54, 1.807) is 30.5 Å². The monoisotopic (exact) mass is 418 g/mol. The molecule has 0 atom stereocenters. The van der Waals surface area contributed by atoms with Crippen LogP contribution in [0, 0.1) is 0 Å². The number of rotatable bonds is 4. The largest absolute Gasteiger partial charge is 0.452 e. The summed E-state index contributed by atoms with van der Waals surface area (Å²) in [6.45, 7) is -0.364. The molecule has 1 N–H and O–H groups in total. The summed E-state index contributed by atoms with van der Waals surface area (Å²) >= 11 is 7.76. The van der Waals surface area contributed by atoms with Crippen LogP contribution in [0.4, 0.5) is 5.13 Å². The number of carbonyl (C=O) groups is 2. The van der Waals surface area contributed by atoms with Crippen LogP contribution in [0.25, 0.3) is 0 Å². The predicted molar refractivity (Wildman–Crippen MR) is 82.9 cm³/mol. The Morgan fingerprint density at radius 1 is 1.30 bits per heavy atom. The lowest BCUT2D eigenvalue weighted by Crippen LogP contribution is -2.20. The minimum atomic E-state index is -0.562. The summed E-state index contributed by atoms with van der Waals surface area (Å²) in [5.41, 5.74) is 0.372. The van der Waals surface area contributed by atoms with E-state index in [2.05, 4.69) is 42.2 Å². The summed E-state index contributed by atoms with van der Waals surface area (Å²) in [5, 5.41) is 2.98. The Morgan fingerprint density at radius 2 is 2.05 bits per heavy atom. The molecule has 0 aliphatic rings. The van der Waals surface area contributed by atoms with Crippen LogP contribution in [-0.2, 0) is 9.53 Å². The number of carbonyl (C=O) groups excluding carboxylic acids is 2. The summed E-state index contributed by atoms with van der Waals surface area (Å²) < 4.78 is 6.36. The first-order valence-electron chi connectivity index (χ1n) is 5.39. The lowest BCUT2D eigenvalue weighted by atomic mass is 10.2. The van der Waals surface area contributed by atoms with E-state index in [0.29, 0.717) is 15.2 Å². The van der Waals surface area contributed by atoms with Crippen LogP contribution >= 0.6 is 43.2 Å². The van der Waals surface area contributed by atoms with Gasteiger partial charge in [-0.05, 0) is 44.0 Å². The van der Waals surface area contributed by atoms with Gasteiger partial charge in [0.2, 0.25) is 0 Å². The average molecular weight is 420 g/mol. The van der Waals surface area contributed by atoms with Crippen molar-refractivity contribution in [3.8, 4) is 0 Å². The molecule has 0 unspecified atom stereocenters. The first-order valence-corrected chi connectivity index (χ1v) is 7.79. The fourth-order valence-corrected chi connectivity index (χ4v) is 2.87. The van der Waals surface area contributed by atoms with Crippen molar-refractivity contribution in [2.75, 3.05) is 11.9 Å². The molecule has 1 aromatic heterocycles. The highest BCUT2D eigenvalue weighted by atomic mass is 79.9. The molecule has 0 bridgehead atoms. The number of aromatic nitrogens is 1. The minimum Gasteiger partial charge on any atom is -0.452 e. The molecule has 0 saturated heterocycles. The predicted octanol–water partition coefficient (Wildman–Crippen LogP) is 3.46. The van der Waals surface area contributed by atoms with Crippen LogP contribution in [0.15, 0.2) is 38.7 Å². The number of anilines is 1. The second-order valence-electron chi connectivity index (χ2n) is 3.57. The molecule has 1 aromatic carbocycles. The fraction of sp³-hybridized carbons (Fsp3) is 0.0833. The number of ether oxygens (including phenoxy) is 1. The maximum atomic E-state index is 11.8. The second-order valence-corrected chi connectivity index (χ2v) is 6.84. The summed E-state index contributed by atoms with van der Waals surface area (Å²) in [4.78, 5) is 27.3. The molecular weight excluding hydrogens is 412 g/mol. The molecule has 0 aliphatic heterocycles. The molecule has 0 aliphatic carbocycles. The number of amides is 1. The van der Waals surface area contributed by atoms with Gasteiger partial charge in [-0.2, -0.15) is 0 Å². The molecule has 8 heteroatoms. The average Bonchev–Trinajstić information content (AvgIpc) is 2.82. The van der Waals surface area contributed by atoms with Gasteiger partial charge in [-0.15, -0.1) is 0 Å². The SMILES string of the molecule is O=C(COC(=O)c1ccccc1Br)Nc1ncc(Br)s1. The fourth-order valence-electron chi connectivity index (χ4n) is 1.30. The van der Waals surface area contributed by atoms with Crippen LogP contribution in [0.3, 0.4) is 0 Å². The molecular formula is C12H8Br2N2O3S. The number of nitrogens with zero attached hydrogens (tertiary/aromatic N) is 1. The Balaban J connectivity index is 1.87. The van der Waals surface area contributed by atoms with Gasteiger partial charge >= 0.3 is 5.97 Å². The summed E-state index contributed by atoms with van der Waals surface area (Å²) in [7, 11) is 0. The van der Waals surface area contributed by atoms with Gasteiger partial charge in [0.15, 0.2) is 11.7 Å². The molecule has 104 valence electrons. The first kappa shape index (κ1) is 15.1. The molecule has 5 nitrogen and oxygen atoms in total. The van der Waals surface area contributed by atoms with Gasteiger partial charge in [0.1, 0.15) is 0 Å². The Kier molecular flexibility index (Phi) is 5.27. The van der Waals surface area contributed by atoms with Gasteiger partial charge in [0, 0.05) is 4.47 Å². The zero-order chi connectivity index (χ0) is 14.5. The number of esters is 1. The number of nitrogens with one attached hydrogen (secondary N) is 1. The Bertz CT molecular complexity index is 645. The van der Waals surface area contributed by atoms with Gasteiger partial charge in [-0.25, -0.2) is 9.78 Å². The second kappa shape index (κ2) is 6.96. The van der Waals surface area contributed by atoms with E-state index in [-0.39, 0.29) is 6.61 Å². The first-order chi connectivity index (χ1) is 9.56. The minimum absolute atomic E-state index is 0.364. The highest BCUT2D eigenvalue weighted by Gasteiger charge is 2.13. The number of thiazole rings is 1. The van der Waals surface area contributed by atoms with Crippen molar-refractivity contribution < 1.29 is 14.3 Å². The molecule has 0 saturated carbocycles. The number of benzene rings is 1. The highest BCUT2D eigenvalue weighted by molar-refractivity contribution is 9.11. The zero-order valence-electron chi connectivity index (χ0n) is 9.93. The molecule has 2 rings (SSSR count). The number of hydrogen-bond acceptors (Lipinski definition) is 5. The maximum absolute atomic E-state index is 11.8. The summed E-state index contributed by atoms with van der Waals surface area (Å²) in [6, 6.07) is 6.84. The van der Waals surface area contributed by atoms with Gasteiger partial charge in [-0.1, -0.05) is 23.5 Å². The van der Waals surface area contributed by atoms with Gasteiger partial charge < -0.3 is 4.74 Å².